The number of hydrogen-bond acceptors (Lipinski definition) is 4. The smallest absolute Gasteiger partial charge is 0.356 e. The summed E-state index contributed by atoms with van der Waals surface area (Å²) in [5.74, 6) is -0.428. The molecule has 98 valence electrons. The third-order valence-electron chi connectivity index (χ3n) is 2.84. The number of nitrogens with one attached hydrogen (secondary N) is 1. The molecule has 2 rings (SSSR count). The van der Waals surface area contributed by atoms with Crippen LogP contribution in [0.3, 0.4) is 0 Å². The molecule has 0 aliphatic carbocycles. The van der Waals surface area contributed by atoms with Crippen molar-refractivity contribution in [3.8, 4) is 0 Å². The zero-order chi connectivity index (χ0) is 13.7. The van der Waals surface area contributed by atoms with Crippen molar-refractivity contribution in [2.75, 3.05) is 12.4 Å². The molecule has 1 unspecified atom stereocenters. The first-order valence-corrected chi connectivity index (χ1v) is 6.06. The molecule has 1 aromatic carbocycles. The quantitative estimate of drug-likeness (QED) is 0.854. The Morgan fingerprint density at radius 2 is 1.95 bits per heavy atom. The van der Waals surface area contributed by atoms with Crippen LogP contribution in [0.4, 0.5) is 5.69 Å². The Labute approximate surface area is 112 Å². The molecule has 2 aromatic rings. The number of aromatic nitrogens is 1. The van der Waals surface area contributed by atoms with Gasteiger partial charge < -0.3 is 10.1 Å². The minimum atomic E-state index is -0.428. The lowest BCUT2D eigenvalue weighted by atomic mass is 10.1. The molecule has 0 saturated heterocycles. The van der Waals surface area contributed by atoms with Gasteiger partial charge in [-0.25, -0.2) is 9.78 Å². The van der Waals surface area contributed by atoms with Gasteiger partial charge in [0.1, 0.15) is 5.69 Å². The topological polar surface area (TPSA) is 51.2 Å². The molecule has 0 spiro atoms. The van der Waals surface area contributed by atoms with Crippen molar-refractivity contribution in [2.24, 2.45) is 0 Å². The third kappa shape index (κ3) is 3.31. The largest absolute Gasteiger partial charge is 0.464 e. The minimum Gasteiger partial charge on any atom is -0.464 e. The van der Waals surface area contributed by atoms with Gasteiger partial charge in [-0.05, 0) is 24.6 Å². The van der Waals surface area contributed by atoms with E-state index in [0.717, 1.165) is 5.69 Å². The van der Waals surface area contributed by atoms with Crippen LogP contribution in [0.5, 0.6) is 0 Å². The summed E-state index contributed by atoms with van der Waals surface area (Å²) in [4.78, 5) is 15.3. The predicted octanol–water partition coefficient (Wildman–Crippen LogP) is 3.04. The van der Waals surface area contributed by atoms with Crippen LogP contribution in [0.15, 0.2) is 48.7 Å². The number of esters is 1. The number of ether oxygens (including phenoxy) is 1. The normalized spacial score (nSPS) is 11.7. The molecule has 19 heavy (non-hydrogen) atoms. The minimum absolute atomic E-state index is 0.173. The van der Waals surface area contributed by atoms with Crippen LogP contribution in [0.2, 0.25) is 0 Å². The zero-order valence-electron chi connectivity index (χ0n) is 11.0. The first-order valence-electron chi connectivity index (χ1n) is 6.06. The number of anilines is 1. The van der Waals surface area contributed by atoms with Crippen LogP contribution in [-0.2, 0) is 4.74 Å². The maximum atomic E-state index is 11.3. The van der Waals surface area contributed by atoms with Gasteiger partial charge in [0, 0.05) is 6.04 Å². The highest BCUT2D eigenvalue weighted by atomic mass is 16.5. The van der Waals surface area contributed by atoms with E-state index >= 15 is 0 Å². The molecule has 1 heterocycles. The number of pyridine rings is 1. The summed E-state index contributed by atoms with van der Waals surface area (Å²) < 4.78 is 4.60. The second kappa shape index (κ2) is 6.00. The van der Waals surface area contributed by atoms with E-state index in [1.54, 1.807) is 12.3 Å². The summed E-state index contributed by atoms with van der Waals surface area (Å²) in [6.07, 6.45) is 1.63. The van der Waals surface area contributed by atoms with Crippen molar-refractivity contribution in [1.29, 1.82) is 0 Å². The molecule has 4 heteroatoms. The van der Waals surface area contributed by atoms with E-state index in [2.05, 4.69) is 34.1 Å². The van der Waals surface area contributed by atoms with Crippen molar-refractivity contribution >= 4 is 11.7 Å². The average molecular weight is 256 g/mol. The molecule has 1 atom stereocenters. The summed E-state index contributed by atoms with van der Waals surface area (Å²) in [7, 11) is 1.34. The first-order chi connectivity index (χ1) is 9.20. The van der Waals surface area contributed by atoms with Gasteiger partial charge in [0.25, 0.3) is 0 Å². The van der Waals surface area contributed by atoms with Crippen LogP contribution in [0, 0.1) is 0 Å². The van der Waals surface area contributed by atoms with E-state index in [4.69, 9.17) is 0 Å². The molecule has 4 nitrogen and oxygen atoms in total. The molecule has 0 bridgehead atoms. The van der Waals surface area contributed by atoms with Crippen molar-refractivity contribution in [3.05, 3.63) is 59.9 Å². The highest BCUT2D eigenvalue weighted by Gasteiger charge is 2.08. The molecule has 0 saturated carbocycles. The Bertz CT molecular complexity index is 538. The number of carbonyl (C=O) groups excluding carboxylic acids is 1. The van der Waals surface area contributed by atoms with Crippen LogP contribution in [0.25, 0.3) is 0 Å². The van der Waals surface area contributed by atoms with Crippen LogP contribution in [0.1, 0.15) is 29.0 Å². The van der Waals surface area contributed by atoms with Gasteiger partial charge in [0.2, 0.25) is 0 Å². The van der Waals surface area contributed by atoms with Crippen molar-refractivity contribution in [1.82, 2.24) is 4.98 Å². The second-order valence-corrected chi connectivity index (χ2v) is 4.20. The van der Waals surface area contributed by atoms with E-state index in [1.807, 2.05) is 24.3 Å². The number of hydrogen-bond donors (Lipinski definition) is 1. The lowest BCUT2D eigenvalue weighted by Crippen LogP contribution is -2.08. The fraction of sp³-hybridized carbons (Fsp3) is 0.200. The number of rotatable bonds is 4. The van der Waals surface area contributed by atoms with E-state index in [-0.39, 0.29) is 6.04 Å². The summed E-state index contributed by atoms with van der Waals surface area (Å²) in [5, 5.41) is 3.33. The molecule has 0 radical (unpaired) electrons. The third-order valence-corrected chi connectivity index (χ3v) is 2.84. The van der Waals surface area contributed by atoms with Gasteiger partial charge in [-0.2, -0.15) is 0 Å². The Balaban J connectivity index is 2.06. The lowest BCUT2D eigenvalue weighted by Gasteiger charge is -2.15. The van der Waals surface area contributed by atoms with Gasteiger partial charge in [-0.15, -0.1) is 0 Å². The average Bonchev–Trinajstić information content (AvgIpc) is 2.48. The second-order valence-electron chi connectivity index (χ2n) is 4.20. The standard InChI is InChI=1S/C15H16N2O2/c1-11(12-6-4-3-5-7-12)17-13-8-9-14(16-10-13)15(18)19-2/h3-11,17H,1-2H3. The van der Waals surface area contributed by atoms with Gasteiger partial charge in [-0.1, -0.05) is 30.3 Å². The Morgan fingerprint density at radius 3 is 2.53 bits per heavy atom. The van der Waals surface area contributed by atoms with Crippen molar-refractivity contribution in [2.45, 2.75) is 13.0 Å². The Hall–Kier alpha value is -2.36. The summed E-state index contributed by atoms with van der Waals surface area (Å²) in [5.41, 5.74) is 2.36. The Morgan fingerprint density at radius 1 is 1.21 bits per heavy atom. The fourth-order valence-corrected chi connectivity index (χ4v) is 1.78. The lowest BCUT2D eigenvalue weighted by molar-refractivity contribution is 0.0594. The Kier molecular flexibility index (Phi) is 4.13. The van der Waals surface area contributed by atoms with Crippen molar-refractivity contribution < 1.29 is 9.53 Å². The zero-order valence-corrected chi connectivity index (χ0v) is 11.0. The molecule has 0 fully saturated rings. The molecule has 0 aliphatic heterocycles. The van der Waals surface area contributed by atoms with Crippen LogP contribution < -0.4 is 5.32 Å². The predicted molar refractivity (Wildman–Crippen MR) is 74.1 cm³/mol. The first kappa shape index (κ1) is 13.1. The van der Waals surface area contributed by atoms with Gasteiger partial charge in [-0.3, -0.25) is 0 Å². The molecule has 0 amide bonds. The number of nitrogens with zero attached hydrogens (tertiary/aromatic N) is 1. The van der Waals surface area contributed by atoms with E-state index in [0.29, 0.717) is 5.69 Å². The van der Waals surface area contributed by atoms with Crippen LogP contribution >= 0.6 is 0 Å². The summed E-state index contributed by atoms with van der Waals surface area (Å²) in [6, 6.07) is 13.8. The maximum absolute atomic E-state index is 11.3. The molecule has 0 aliphatic rings. The number of carbonyl (C=O) groups is 1. The van der Waals surface area contributed by atoms with E-state index in [1.165, 1.54) is 12.7 Å². The number of benzene rings is 1. The van der Waals surface area contributed by atoms with Crippen LogP contribution in [-0.4, -0.2) is 18.1 Å². The van der Waals surface area contributed by atoms with E-state index in [9.17, 15) is 4.79 Å². The number of methoxy groups -OCH3 is 1. The molecular formula is C15H16N2O2. The SMILES string of the molecule is COC(=O)c1ccc(NC(C)c2ccccc2)cn1. The van der Waals surface area contributed by atoms with Gasteiger partial charge in [0.05, 0.1) is 19.0 Å². The molecular weight excluding hydrogens is 240 g/mol. The highest BCUT2D eigenvalue weighted by Crippen LogP contribution is 2.18. The summed E-state index contributed by atoms with van der Waals surface area (Å²) >= 11 is 0. The van der Waals surface area contributed by atoms with E-state index < -0.39 is 5.97 Å². The fourth-order valence-electron chi connectivity index (χ4n) is 1.78. The van der Waals surface area contributed by atoms with Gasteiger partial charge >= 0.3 is 5.97 Å². The van der Waals surface area contributed by atoms with Gasteiger partial charge in [0.15, 0.2) is 0 Å². The molecule has 1 aromatic heterocycles. The monoisotopic (exact) mass is 256 g/mol. The van der Waals surface area contributed by atoms with Crippen molar-refractivity contribution in [3.63, 3.8) is 0 Å². The summed E-state index contributed by atoms with van der Waals surface area (Å²) in [6.45, 7) is 2.07. The maximum Gasteiger partial charge on any atom is 0.356 e. The highest BCUT2D eigenvalue weighted by molar-refractivity contribution is 5.87. The molecule has 1 N–H and O–H groups in total.